The first-order valence-electron chi connectivity index (χ1n) is 9.49. The molecule has 0 aromatic heterocycles. The van der Waals surface area contributed by atoms with Crippen molar-refractivity contribution in [2.75, 3.05) is 26.4 Å². The van der Waals surface area contributed by atoms with Crippen molar-refractivity contribution in [3.05, 3.63) is 23.9 Å². The van der Waals surface area contributed by atoms with Crippen molar-refractivity contribution in [1.29, 1.82) is 0 Å². The lowest BCUT2D eigenvalue weighted by atomic mass is 10.1. The van der Waals surface area contributed by atoms with Crippen molar-refractivity contribution in [3.63, 3.8) is 0 Å². The fourth-order valence-corrected chi connectivity index (χ4v) is 5.84. The molecule has 0 aromatic rings. The number of rotatable bonds is 10. The molecule has 1 heterocycles. The summed E-state index contributed by atoms with van der Waals surface area (Å²) >= 11 is 0. The lowest BCUT2D eigenvalue weighted by molar-refractivity contribution is 0.0708. The van der Waals surface area contributed by atoms with Crippen molar-refractivity contribution >= 4 is 20.5 Å². The van der Waals surface area contributed by atoms with Gasteiger partial charge in [0.15, 0.2) is 0 Å². The van der Waals surface area contributed by atoms with E-state index in [1.807, 2.05) is 39.8 Å². The fourth-order valence-electron chi connectivity index (χ4n) is 3.23. The van der Waals surface area contributed by atoms with E-state index in [4.69, 9.17) is 13.3 Å². The highest BCUT2D eigenvalue weighted by atomic mass is 28.4. The van der Waals surface area contributed by atoms with E-state index < -0.39 is 8.80 Å². The zero-order valence-electron chi connectivity index (χ0n) is 16.3. The highest BCUT2D eigenvalue weighted by Gasteiger charge is 2.40. The van der Waals surface area contributed by atoms with Gasteiger partial charge in [0.25, 0.3) is 0 Å². The molecule has 2 aliphatic rings. The van der Waals surface area contributed by atoms with E-state index in [0.717, 1.165) is 24.3 Å². The lowest BCUT2D eigenvalue weighted by Crippen LogP contribution is -2.47. The average Bonchev–Trinajstić information content (AvgIpc) is 2.95. The van der Waals surface area contributed by atoms with Crippen LogP contribution in [0.4, 0.5) is 4.79 Å². The van der Waals surface area contributed by atoms with Crippen LogP contribution in [0.3, 0.4) is 0 Å². The molecule has 1 atom stereocenters. The molecule has 1 aliphatic heterocycles. The topological polar surface area (TPSA) is 72.4 Å². The normalized spacial score (nSPS) is 19.2. The molecule has 0 saturated heterocycles. The predicted octanol–water partition coefficient (Wildman–Crippen LogP) is 3.08. The highest BCUT2D eigenvalue weighted by molar-refractivity contribution is 6.60. The van der Waals surface area contributed by atoms with Crippen LogP contribution in [0.2, 0.25) is 6.04 Å². The summed E-state index contributed by atoms with van der Waals surface area (Å²) in [6.45, 7) is 10.00. The van der Waals surface area contributed by atoms with Crippen molar-refractivity contribution in [3.8, 4) is 0 Å². The monoisotopic (exact) mass is 381 g/mol. The van der Waals surface area contributed by atoms with Gasteiger partial charge in [-0.05, 0) is 40.2 Å². The third kappa shape index (κ3) is 5.03. The van der Waals surface area contributed by atoms with E-state index in [0.29, 0.717) is 32.4 Å². The third-order valence-corrected chi connectivity index (χ3v) is 7.37. The van der Waals surface area contributed by atoms with Gasteiger partial charge in [0.2, 0.25) is 0 Å². The highest BCUT2D eigenvalue weighted by Crippen LogP contribution is 2.25. The Balaban J connectivity index is 1.85. The Morgan fingerprint density at radius 2 is 1.92 bits per heavy atom. The smallest absolute Gasteiger partial charge is 0.374 e. The van der Waals surface area contributed by atoms with Gasteiger partial charge in [-0.2, -0.15) is 0 Å². The molecule has 26 heavy (non-hydrogen) atoms. The van der Waals surface area contributed by atoms with Crippen molar-refractivity contribution in [1.82, 2.24) is 10.2 Å². The van der Waals surface area contributed by atoms with Gasteiger partial charge < -0.3 is 18.6 Å². The molecular formula is C18H31N3O4Si. The van der Waals surface area contributed by atoms with Gasteiger partial charge in [0.1, 0.15) is 6.17 Å². The Bertz CT molecular complexity index is 560. The van der Waals surface area contributed by atoms with Crippen LogP contribution in [-0.4, -0.2) is 58.0 Å². The van der Waals surface area contributed by atoms with Crippen molar-refractivity contribution in [2.24, 2.45) is 4.99 Å². The number of nitrogens with zero attached hydrogens (tertiary/aromatic N) is 2. The number of aliphatic imine (C=N–C) groups is 1. The van der Waals surface area contributed by atoms with Crippen LogP contribution in [0.25, 0.3) is 0 Å². The minimum absolute atomic E-state index is 0.116. The summed E-state index contributed by atoms with van der Waals surface area (Å²) in [6, 6.07) is 0.570. The number of carbonyl (C=O) groups excluding carboxylic acids is 1. The van der Waals surface area contributed by atoms with E-state index >= 15 is 0 Å². The maximum absolute atomic E-state index is 12.6. The van der Waals surface area contributed by atoms with Crippen LogP contribution in [0, 0.1) is 0 Å². The molecule has 1 aliphatic carbocycles. The number of fused-ring (bicyclic) bond motifs is 1. The molecule has 0 bridgehead atoms. The molecule has 0 fully saturated rings. The summed E-state index contributed by atoms with van der Waals surface area (Å²) in [6.07, 6.45) is 7.33. The van der Waals surface area contributed by atoms with Crippen LogP contribution in [0.5, 0.6) is 0 Å². The summed E-state index contributed by atoms with van der Waals surface area (Å²) in [5.74, 6) is 0. The van der Waals surface area contributed by atoms with Crippen LogP contribution in [0.15, 0.2) is 28.9 Å². The number of urea groups is 1. The van der Waals surface area contributed by atoms with Crippen LogP contribution in [0.1, 0.15) is 40.5 Å². The number of hydrogen-bond donors (Lipinski definition) is 1. The van der Waals surface area contributed by atoms with E-state index in [9.17, 15) is 4.79 Å². The average molecular weight is 382 g/mol. The van der Waals surface area contributed by atoms with Crippen LogP contribution >= 0.6 is 0 Å². The van der Waals surface area contributed by atoms with Crippen molar-refractivity contribution in [2.45, 2.75) is 52.7 Å². The van der Waals surface area contributed by atoms with E-state index in [2.05, 4.69) is 16.4 Å². The zero-order valence-corrected chi connectivity index (χ0v) is 17.3. The molecule has 2 rings (SSSR count). The number of carbonyl (C=O) groups is 1. The zero-order chi connectivity index (χ0) is 19.0. The van der Waals surface area contributed by atoms with Gasteiger partial charge in [-0.25, -0.2) is 4.79 Å². The first-order chi connectivity index (χ1) is 12.6. The third-order valence-electron chi connectivity index (χ3n) is 4.22. The Morgan fingerprint density at radius 3 is 2.54 bits per heavy atom. The fraction of sp³-hybridized carbons (Fsp3) is 0.667. The van der Waals surface area contributed by atoms with E-state index in [1.54, 1.807) is 4.90 Å². The maximum Gasteiger partial charge on any atom is 0.500 e. The first kappa shape index (κ1) is 20.8. The molecule has 0 spiro atoms. The maximum atomic E-state index is 12.6. The molecule has 0 radical (unpaired) electrons. The van der Waals surface area contributed by atoms with Gasteiger partial charge >= 0.3 is 14.8 Å². The summed E-state index contributed by atoms with van der Waals surface area (Å²) < 4.78 is 17.5. The Morgan fingerprint density at radius 1 is 1.27 bits per heavy atom. The lowest BCUT2D eigenvalue weighted by Gasteiger charge is -2.28. The Hall–Kier alpha value is -1.48. The van der Waals surface area contributed by atoms with Crippen LogP contribution < -0.4 is 5.32 Å². The molecule has 0 aromatic carbocycles. The molecule has 146 valence electrons. The molecule has 0 saturated carbocycles. The molecule has 7 nitrogen and oxygen atoms in total. The van der Waals surface area contributed by atoms with E-state index in [1.165, 1.54) is 0 Å². The summed E-state index contributed by atoms with van der Waals surface area (Å²) in [4.78, 5) is 18.9. The number of allylic oxidation sites excluding steroid dienone is 4. The first-order valence-corrected chi connectivity index (χ1v) is 11.4. The standard InChI is InChI=1S/C18H31N3O4Si/c1-5-23-26(24-6-2,25-7-3)14-10-13-19-18(22)21-15(4)20-16-11-8-9-12-17(16)21/h8-9,12,15H,5-7,10-11,13-14H2,1-4H3,(H,19,22). The van der Waals surface area contributed by atoms with Crippen LogP contribution in [-0.2, 0) is 13.3 Å². The van der Waals surface area contributed by atoms with Gasteiger partial charge in [0, 0.05) is 38.8 Å². The molecule has 1 unspecified atom stereocenters. The second-order valence-corrected chi connectivity index (χ2v) is 8.81. The second kappa shape index (κ2) is 10.0. The minimum atomic E-state index is -2.65. The number of hydrogen-bond acceptors (Lipinski definition) is 5. The number of amides is 2. The summed E-state index contributed by atoms with van der Waals surface area (Å²) in [7, 11) is -2.65. The molecular weight excluding hydrogens is 350 g/mol. The predicted molar refractivity (Wildman–Crippen MR) is 104 cm³/mol. The van der Waals surface area contributed by atoms with Gasteiger partial charge in [-0.15, -0.1) is 0 Å². The van der Waals surface area contributed by atoms with Gasteiger partial charge in [0.05, 0.1) is 11.4 Å². The van der Waals surface area contributed by atoms with Crippen molar-refractivity contribution < 1.29 is 18.1 Å². The minimum Gasteiger partial charge on any atom is -0.374 e. The SMILES string of the molecule is CCO[Si](CCCNC(=O)N1C2=CC=CCC2=NC1C)(OCC)OCC. The summed E-state index contributed by atoms with van der Waals surface area (Å²) in [5, 5.41) is 2.99. The van der Waals surface area contributed by atoms with E-state index in [-0.39, 0.29) is 12.2 Å². The summed E-state index contributed by atoms with van der Waals surface area (Å²) in [5.41, 5.74) is 1.88. The van der Waals surface area contributed by atoms with Gasteiger partial charge in [-0.3, -0.25) is 9.89 Å². The molecule has 1 N–H and O–H groups in total. The Kier molecular flexibility index (Phi) is 8.02. The molecule has 8 heteroatoms. The van der Waals surface area contributed by atoms with Gasteiger partial charge in [-0.1, -0.05) is 12.2 Å². The quantitative estimate of drug-likeness (QED) is 0.466. The second-order valence-electron chi connectivity index (χ2n) is 6.08. The molecule has 2 amide bonds. The Labute approximate surface area is 157 Å². The largest absolute Gasteiger partial charge is 0.500 e. The number of nitrogens with one attached hydrogen (secondary N) is 1.